The summed E-state index contributed by atoms with van der Waals surface area (Å²) in [5, 5.41) is 7.89. The maximum absolute atomic E-state index is 4.09. The first kappa shape index (κ1) is 14.8. The fourth-order valence-corrected chi connectivity index (χ4v) is 4.88. The molecule has 0 aromatic carbocycles. The van der Waals surface area contributed by atoms with Crippen LogP contribution in [0, 0.1) is 11.8 Å². The van der Waals surface area contributed by atoms with Crippen LogP contribution in [0.3, 0.4) is 0 Å². The van der Waals surface area contributed by atoms with Gasteiger partial charge in [0, 0.05) is 18.1 Å². The lowest BCUT2D eigenvalue weighted by Gasteiger charge is -2.35. The van der Waals surface area contributed by atoms with Crippen LogP contribution in [-0.2, 0) is 0 Å². The SMILES string of the molecule is CC1CCCC(NC2CCCC2C2CCCCN2)CC1. The molecule has 3 aliphatic rings. The van der Waals surface area contributed by atoms with Gasteiger partial charge in [0.05, 0.1) is 0 Å². The molecule has 0 spiro atoms. The molecule has 116 valence electrons. The first-order valence-corrected chi connectivity index (χ1v) is 9.32. The van der Waals surface area contributed by atoms with Crippen LogP contribution < -0.4 is 10.6 Å². The van der Waals surface area contributed by atoms with Crippen molar-refractivity contribution in [1.29, 1.82) is 0 Å². The predicted octanol–water partition coefficient (Wildman–Crippen LogP) is 3.86. The zero-order valence-corrected chi connectivity index (χ0v) is 13.4. The van der Waals surface area contributed by atoms with Crippen LogP contribution in [0.15, 0.2) is 0 Å². The number of piperidine rings is 1. The summed E-state index contributed by atoms with van der Waals surface area (Å²) < 4.78 is 0. The normalized spacial score (nSPS) is 43.4. The number of hydrogen-bond donors (Lipinski definition) is 2. The Labute approximate surface area is 125 Å². The van der Waals surface area contributed by atoms with E-state index < -0.39 is 0 Å². The van der Waals surface area contributed by atoms with E-state index in [0.29, 0.717) is 0 Å². The first-order valence-electron chi connectivity index (χ1n) is 9.32. The van der Waals surface area contributed by atoms with Crippen molar-refractivity contribution in [3.63, 3.8) is 0 Å². The molecule has 3 fully saturated rings. The minimum atomic E-state index is 0.809. The summed E-state index contributed by atoms with van der Waals surface area (Å²) in [6.07, 6.45) is 15.8. The molecule has 0 aromatic heterocycles. The second kappa shape index (κ2) is 7.26. The Hall–Kier alpha value is -0.0800. The van der Waals surface area contributed by atoms with Crippen molar-refractivity contribution in [2.45, 2.75) is 95.7 Å². The van der Waals surface area contributed by atoms with Crippen molar-refractivity contribution in [2.24, 2.45) is 11.8 Å². The minimum absolute atomic E-state index is 0.809. The smallest absolute Gasteiger partial charge is 0.0113 e. The lowest BCUT2D eigenvalue weighted by molar-refractivity contribution is 0.240. The van der Waals surface area contributed by atoms with Crippen LogP contribution in [0.2, 0.25) is 0 Å². The van der Waals surface area contributed by atoms with Gasteiger partial charge in [-0.15, -0.1) is 0 Å². The van der Waals surface area contributed by atoms with Crippen LogP contribution >= 0.6 is 0 Å². The molecule has 2 saturated carbocycles. The predicted molar refractivity (Wildman–Crippen MR) is 85.9 cm³/mol. The van der Waals surface area contributed by atoms with Crippen molar-refractivity contribution in [1.82, 2.24) is 10.6 Å². The van der Waals surface area contributed by atoms with Gasteiger partial charge in [0.2, 0.25) is 0 Å². The van der Waals surface area contributed by atoms with Gasteiger partial charge in [0.15, 0.2) is 0 Å². The average Bonchev–Trinajstić information content (AvgIpc) is 2.84. The molecular formula is C18H34N2. The van der Waals surface area contributed by atoms with Crippen LogP contribution in [-0.4, -0.2) is 24.7 Å². The zero-order chi connectivity index (χ0) is 13.8. The zero-order valence-electron chi connectivity index (χ0n) is 13.4. The quantitative estimate of drug-likeness (QED) is 0.766. The van der Waals surface area contributed by atoms with E-state index >= 15 is 0 Å². The van der Waals surface area contributed by atoms with Crippen molar-refractivity contribution in [3.05, 3.63) is 0 Å². The van der Waals surface area contributed by atoms with Crippen LogP contribution in [0.1, 0.15) is 77.6 Å². The molecule has 1 heterocycles. The lowest BCUT2D eigenvalue weighted by atomic mass is 9.87. The topological polar surface area (TPSA) is 24.1 Å². The van der Waals surface area contributed by atoms with Crippen LogP contribution in [0.25, 0.3) is 0 Å². The van der Waals surface area contributed by atoms with Crippen LogP contribution in [0.5, 0.6) is 0 Å². The van der Waals surface area contributed by atoms with Crippen LogP contribution in [0.4, 0.5) is 0 Å². The minimum Gasteiger partial charge on any atom is -0.314 e. The summed E-state index contributed by atoms with van der Waals surface area (Å²) >= 11 is 0. The number of nitrogens with one attached hydrogen (secondary N) is 2. The van der Waals surface area contributed by atoms with Crippen molar-refractivity contribution >= 4 is 0 Å². The third kappa shape index (κ3) is 3.76. The molecule has 0 bridgehead atoms. The van der Waals surface area contributed by atoms with Gasteiger partial charge in [-0.3, -0.25) is 0 Å². The van der Waals surface area contributed by atoms with Crippen molar-refractivity contribution in [2.75, 3.05) is 6.54 Å². The van der Waals surface area contributed by atoms with Gasteiger partial charge in [-0.2, -0.15) is 0 Å². The molecule has 2 nitrogen and oxygen atoms in total. The summed E-state index contributed by atoms with van der Waals surface area (Å²) in [6, 6.07) is 2.44. The van der Waals surface area contributed by atoms with Gasteiger partial charge in [0.1, 0.15) is 0 Å². The summed E-state index contributed by atoms with van der Waals surface area (Å²) in [5.74, 6) is 1.87. The Morgan fingerprint density at radius 3 is 2.55 bits per heavy atom. The standard InChI is InChI=1S/C18H34N2/c1-14-6-4-7-15(12-11-14)20-18-10-5-8-16(18)17-9-2-3-13-19-17/h14-20H,2-13H2,1H3. The number of rotatable bonds is 3. The number of hydrogen-bond acceptors (Lipinski definition) is 2. The van der Waals surface area contributed by atoms with E-state index in [1.165, 1.54) is 77.2 Å². The maximum atomic E-state index is 4.09. The molecule has 2 N–H and O–H groups in total. The average molecular weight is 278 g/mol. The molecule has 0 aromatic rings. The highest BCUT2D eigenvalue weighted by atomic mass is 15.0. The second-order valence-corrected chi connectivity index (χ2v) is 7.73. The molecule has 0 amide bonds. The molecule has 2 heteroatoms. The molecule has 1 aliphatic heterocycles. The van der Waals surface area contributed by atoms with Gasteiger partial charge in [-0.25, -0.2) is 0 Å². The van der Waals surface area contributed by atoms with Gasteiger partial charge in [-0.1, -0.05) is 32.6 Å². The lowest BCUT2D eigenvalue weighted by Crippen LogP contribution is -2.49. The van der Waals surface area contributed by atoms with Gasteiger partial charge < -0.3 is 10.6 Å². The summed E-state index contributed by atoms with van der Waals surface area (Å²) in [4.78, 5) is 0. The van der Waals surface area contributed by atoms with E-state index in [1.54, 1.807) is 0 Å². The molecule has 5 atom stereocenters. The van der Waals surface area contributed by atoms with E-state index in [-0.39, 0.29) is 0 Å². The summed E-state index contributed by atoms with van der Waals surface area (Å²) in [5.41, 5.74) is 0. The Morgan fingerprint density at radius 1 is 0.800 bits per heavy atom. The van der Waals surface area contributed by atoms with Gasteiger partial charge in [-0.05, 0) is 63.3 Å². The Kier molecular flexibility index (Phi) is 5.39. The monoisotopic (exact) mass is 278 g/mol. The summed E-state index contributed by atoms with van der Waals surface area (Å²) in [6.45, 7) is 3.70. The van der Waals surface area contributed by atoms with E-state index in [2.05, 4.69) is 17.6 Å². The fraction of sp³-hybridized carbons (Fsp3) is 1.00. The van der Waals surface area contributed by atoms with E-state index in [9.17, 15) is 0 Å². The van der Waals surface area contributed by atoms with E-state index in [4.69, 9.17) is 0 Å². The molecule has 5 unspecified atom stereocenters. The Bertz CT molecular complexity index is 285. The first-order chi connectivity index (χ1) is 9.83. The van der Waals surface area contributed by atoms with Crippen molar-refractivity contribution in [3.8, 4) is 0 Å². The maximum Gasteiger partial charge on any atom is 0.0113 e. The van der Waals surface area contributed by atoms with Gasteiger partial charge >= 0.3 is 0 Å². The molecule has 20 heavy (non-hydrogen) atoms. The molecular weight excluding hydrogens is 244 g/mol. The van der Waals surface area contributed by atoms with Gasteiger partial charge in [0.25, 0.3) is 0 Å². The van der Waals surface area contributed by atoms with E-state index in [1.807, 2.05) is 0 Å². The summed E-state index contributed by atoms with van der Waals surface area (Å²) in [7, 11) is 0. The van der Waals surface area contributed by atoms with Crippen molar-refractivity contribution < 1.29 is 0 Å². The van der Waals surface area contributed by atoms with E-state index in [0.717, 1.165) is 30.0 Å². The Balaban J connectivity index is 1.52. The fourth-order valence-electron chi connectivity index (χ4n) is 4.88. The largest absolute Gasteiger partial charge is 0.314 e. The highest BCUT2D eigenvalue weighted by Crippen LogP contribution is 2.33. The Morgan fingerprint density at radius 2 is 1.70 bits per heavy atom. The molecule has 2 aliphatic carbocycles. The molecule has 1 saturated heterocycles. The third-order valence-corrected chi connectivity index (χ3v) is 6.14. The second-order valence-electron chi connectivity index (χ2n) is 7.73. The molecule has 3 rings (SSSR count). The highest BCUT2D eigenvalue weighted by molar-refractivity contribution is 4.93. The highest BCUT2D eigenvalue weighted by Gasteiger charge is 2.35. The molecule has 0 radical (unpaired) electrons. The third-order valence-electron chi connectivity index (χ3n) is 6.14.